The fraction of sp³-hybridized carbons (Fsp3) is 0.474. The van der Waals surface area contributed by atoms with Crippen LogP contribution in [0.2, 0.25) is 0 Å². The molecule has 21 heavy (non-hydrogen) atoms. The van der Waals surface area contributed by atoms with Crippen molar-refractivity contribution in [2.24, 2.45) is 11.7 Å². The quantitative estimate of drug-likeness (QED) is 0.901. The van der Waals surface area contributed by atoms with Gasteiger partial charge in [-0.05, 0) is 60.8 Å². The van der Waals surface area contributed by atoms with Crippen LogP contribution in [0.15, 0.2) is 42.7 Å². The molecule has 2 aliphatic rings. The molecule has 0 amide bonds. The van der Waals surface area contributed by atoms with Crippen molar-refractivity contribution in [3.8, 4) is 0 Å². The van der Waals surface area contributed by atoms with Gasteiger partial charge < -0.3 is 10.3 Å². The van der Waals surface area contributed by atoms with Gasteiger partial charge in [-0.3, -0.25) is 0 Å². The van der Waals surface area contributed by atoms with Crippen LogP contribution in [0.1, 0.15) is 54.3 Å². The summed E-state index contributed by atoms with van der Waals surface area (Å²) < 4.78 is 2.35. The van der Waals surface area contributed by atoms with E-state index in [2.05, 4.69) is 47.3 Å². The molecule has 2 aromatic rings. The lowest BCUT2D eigenvalue weighted by Crippen LogP contribution is -2.15. The average Bonchev–Trinajstić information content (AvgIpc) is 3.27. The molecule has 1 fully saturated rings. The monoisotopic (exact) mass is 280 g/mol. The molecule has 1 aromatic carbocycles. The zero-order valence-corrected chi connectivity index (χ0v) is 12.5. The number of aryl methyl sites for hydroxylation is 1. The van der Waals surface area contributed by atoms with E-state index in [0.717, 1.165) is 12.5 Å². The van der Waals surface area contributed by atoms with Gasteiger partial charge in [0.2, 0.25) is 0 Å². The van der Waals surface area contributed by atoms with Crippen molar-refractivity contribution in [1.82, 2.24) is 4.57 Å². The summed E-state index contributed by atoms with van der Waals surface area (Å²) in [6.45, 7) is 1.09. The predicted octanol–water partition coefficient (Wildman–Crippen LogP) is 4.02. The maximum atomic E-state index is 6.31. The molecule has 2 aliphatic carbocycles. The molecule has 1 aromatic heterocycles. The lowest BCUT2D eigenvalue weighted by atomic mass is 9.83. The van der Waals surface area contributed by atoms with E-state index in [1.807, 2.05) is 0 Å². The number of nitrogens with two attached hydrogens (primary N) is 1. The highest BCUT2D eigenvalue weighted by atomic mass is 14.9. The van der Waals surface area contributed by atoms with Gasteiger partial charge >= 0.3 is 0 Å². The predicted molar refractivity (Wildman–Crippen MR) is 86.2 cm³/mol. The van der Waals surface area contributed by atoms with Crippen molar-refractivity contribution in [3.05, 3.63) is 59.4 Å². The number of rotatable bonds is 4. The Morgan fingerprint density at radius 1 is 1.14 bits per heavy atom. The van der Waals surface area contributed by atoms with Crippen LogP contribution in [0, 0.1) is 5.92 Å². The first-order valence-corrected chi connectivity index (χ1v) is 8.30. The van der Waals surface area contributed by atoms with Crippen LogP contribution in [0.25, 0.3) is 0 Å². The van der Waals surface area contributed by atoms with E-state index < -0.39 is 0 Å². The van der Waals surface area contributed by atoms with Gasteiger partial charge in [0.25, 0.3) is 0 Å². The molecule has 0 aliphatic heterocycles. The molecule has 2 N–H and O–H groups in total. The summed E-state index contributed by atoms with van der Waals surface area (Å²) in [5.41, 5.74) is 10.7. The first kappa shape index (κ1) is 13.1. The lowest BCUT2D eigenvalue weighted by Gasteiger charge is -2.25. The highest BCUT2D eigenvalue weighted by molar-refractivity contribution is 5.32. The van der Waals surface area contributed by atoms with E-state index in [9.17, 15) is 0 Å². The topological polar surface area (TPSA) is 30.9 Å². The van der Waals surface area contributed by atoms with Gasteiger partial charge in [0.1, 0.15) is 0 Å². The molecule has 1 saturated carbocycles. The minimum absolute atomic E-state index is 0.255. The van der Waals surface area contributed by atoms with E-state index in [-0.39, 0.29) is 6.04 Å². The first-order chi connectivity index (χ1) is 10.3. The largest absolute Gasteiger partial charge is 0.353 e. The average molecular weight is 280 g/mol. The number of benzene rings is 1. The maximum Gasteiger partial charge on any atom is 0.0338 e. The van der Waals surface area contributed by atoms with E-state index >= 15 is 0 Å². The standard InChI is InChI=1S/C19H24N2/c20-19(15-8-9-15)17-10-11-21(13-17)12-16-6-3-5-14-4-1-2-7-18(14)16/h1-2,4,7,10-11,13,15-16,19H,3,5-6,8-9,12,20H2. The van der Waals surface area contributed by atoms with Crippen LogP contribution in [-0.2, 0) is 13.0 Å². The van der Waals surface area contributed by atoms with Gasteiger partial charge in [0, 0.05) is 30.9 Å². The molecule has 0 radical (unpaired) electrons. The molecule has 110 valence electrons. The molecule has 4 rings (SSSR count). The summed E-state index contributed by atoms with van der Waals surface area (Å²) in [5.74, 6) is 1.39. The Kier molecular flexibility index (Phi) is 3.34. The minimum atomic E-state index is 0.255. The summed E-state index contributed by atoms with van der Waals surface area (Å²) in [5, 5.41) is 0. The SMILES string of the molecule is NC(c1ccn(CC2CCCc3ccccc32)c1)C1CC1. The minimum Gasteiger partial charge on any atom is -0.353 e. The number of aromatic nitrogens is 1. The number of hydrogen-bond acceptors (Lipinski definition) is 1. The molecule has 2 nitrogen and oxygen atoms in total. The highest BCUT2D eigenvalue weighted by Gasteiger charge is 2.30. The first-order valence-electron chi connectivity index (χ1n) is 8.30. The molecule has 2 atom stereocenters. The van der Waals surface area contributed by atoms with E-state index in [1.54, 1.807) is 11.1 Å². The molecule has 0 saturated heterocycles. The molecule has 0 bridgehead atoms. The van der Waals surface area contributed by atoms with Gasteiger partial charge in [0.15, 0.2) is 0 Å². The molecule has 1 heterocycles. The number of hydrogen-bond donors (Lipinski definition) is 1. The van der Waals surface area contributed by atoms with Crippen molar-refractivity contribution >= 4 is 0 Å². The normalized spacial score (nSPS) is 22.8. The van der Waals surface area contributed by atoms with Crippen LogP contribution >= 0.6 is 0 Å². The molecule has 0 spiro atoms. The smallest absolute Gasteiger partial charge is 0.0338 e. The van der Waals surface area contributed by atoms with Gasteiger partial charge in [-0.1, -0.05) is 24.3 Å². The number of fused-ring (bicyclic) bond motifs is 1. The Hall–Kier alpha value is -1.54. The van der Waals surface area contributed by atoms with Gasteiger partial charge in [0.05, 0.1) is 0 Å². The van der Waals surface area contributed by atoms with Crippen LogP contribution in [0.3, 0.4) is 0 Å². The Balaban J connectivity index is 1.51. The molecule has 2 heteroatoms. The third-order valence-corrected chi connectivity index (χ3v) is 5.21. The summed E-state index contributed by atoms with van der Waals surface area (Å²) in [7, 11) is 0. The summed E-state index contributed by atoms with van der Waals surface area (Å²) in [6.07, 6.45) is 11.0. The fourth-order valence-electron chi connectivity index (χ4n) is 3.80. The van der Waals surface area contributed by atoms with Crippen LogP contribution < -0.4 is 5.73 Å². The van der Waals surface area contributed by atoms with Gasteiger partial charge in [-0.25, -0.2) is 0 Å². The highest BCUT2D eigenvalue weighted by Crippen LogP contribution is 2.39. The fourth-order valence-corrected chi connectivity index (χ4v) is 3.80. The molecule has 2 unspecified atom stereocenters. The van der Waals surface area contributed by atoms with Crippen molar-refractivity contribution in [1.29, 1.82) is 0 Å². The van der Waals surface area contributed by atoms with Crippen molar-refractivity contribution in [2.45, 2.75) is 50.6 Å². The second-order valence-electron chi connectivity index (χ2n) is 6.79. The third kappa shape index (κ3) is 2.65. The molecular weight excluding hydrogens is 256 g/mol. The molecular formula is C19H24N2. The van der Waals surface area contributed by atoms with E-state index in [4.69, 9.17) is 5.73 Å². The van der Waals surface area contributed by atoms with Crippen LogP contribution in [-0.4, -0.2) is 4.57 Å². The summed E-state index contributed by atoms with van der Waals surface area (Å²) in [4.78, 5) is 0. The number of nitrogens with zero attached hydrogens (tertiary/aromatic N) is 1. The summed E-state index contributed by atoms with van der Waals surface area (Å²) >= 11 is 0. The Labute approximate surface area is 127 Å². The van der Waals surface area contributed by atoms with Gasteiger partial charge in [-0.15, -0.1) is 0 Å². The second kappa shape index (κ2) is 5.34. The van der Waals surface area contributed by atoms with Gasteiger partial charge in [-0.2, -0.15) is 0 Å². The van der Waals surface area contributed by atoms with Crippen molar-refractivity contribution in [3.63, 3.8) is 0 Å². The zero-order valence-electron chi connectivity index (χ0n) is 12.5. The maximum absolute atomic E-state index is 6.31. The van der Waals surface area contributed by atoms with E-state index in [1.165, 1.54) is 37.7 Å². The van der Waals surface area contributed by atoms with Crippen LogP contribution in [0.4, 0.5) is 0 Å². The Bertz CT molecular complexity index is 624. The Morgan fingerprint density at radius 3 is 2.86 bits per heavy atom. The lowest BCUT2D eigenvalue weighted by molar-refractivity contribution is 0.483. The zero-order chi connectivity index (χ0) is 14.2. The van der Waals surface area contributed by atoms with Crippen molar-refractivity contribution < 1.29 is 0 Å². The van der Waals surface area contributed by atoms with Crippen molar-refractivity contribution in [2.75, 3.05) is 0 Å². The second-order valence-corrected chi connectivity index (χ2v) is 6.79. The van der Waals surface area contributed by atoms with E-state index in [0.29, 0.717) is 5.92 Å². The Morgan fingerprint density at radius 2 is 2.00 bits per heavy atom. The summed E-state index contributed by atoms with van der Waals surface area (Å²) in [6, 6.07) is 11.4. The van der Waals surface area contributed by atoms with Crippen LogP contribution in [0.5, 0.6) is 0 Å². The third-order valence-electron chi connectivity index (χ3n) is 5.21.